The van der Waals surface area contributed by atoms with E-state index >= 15 is 0 Å². The Hall–Kier alpha value is -3.98. The molecule has 4 heterocycles. The fraction of sp³-hybridized carbons (Fsp3) is 0.167. The summed E-state index contributed by atoms with van der Waals surface area (Å²) in [5, 5.41) is 13.5. The van der Waals surface area contributed by atoms with E-state index in [9.17, 15) is 14.7 Å². The van der Waals surface area contributed by atoms with E-state index in [0.717, 1.165) is 5.56 Å². The third-order valence-electron chi connectivity index (χ3n) is 5.79. The first-order chi connectivity index (χ1) is 15.9. The second-order valence-corrected chi connectivity index (χ2v) is 8.56. The van der Waals surface area contributed by atoms with Gasteiger partial charge in [-0.25, -0.2) is 9.97 Å². The number of aliphatic hydroxyl groups is 1. The third kappa shape index (κ3) is 3.20. The lowest BCUT2D eigenvalue weighted by Crippen LogP contribution is -2.29. The number of carbonyl (C=O) groups excluding carboxylic acids is 2. The standard InChI is InChI=1S/C24H20N4O4S/c1-13-6-5-10-27-14(2)18(26-22(13)27)20(29)17-19(15-7-4-8-16(12-15)32-3)28(23(31)21(17)30)24-25-9-11-33-24/h4-12,19,29H,1-3H3/b20-17+. The molecule has 0 bridgehead atoms. The van der Waals surface area contributed by atoms with Crippen molar-refractivity contribution in [1.82, 2.24) is 14.4 Å². The third-order valence-corrected chi connectivity index (χ3v) is 6.56. The summed E-state index contributed by atoms with van der Waals surface area (Å²) < 4.78 is 7.20. The molecule has 33 heavy (non-hydrogen) atoms. The van der Waals surface area contributed by atoms with Gasteiger partial charge in [0.2, 0.25) is 0 Å². The summed E-state index contributed by atoms with van der Waals surface area (Å²) in [5.41, 5.74) is 3.09. The van der Waals surface area contributed by atoms with Gasteiger partial charge in [-0.15, -0.1) is 11.3 Å². The minimum absolute atomic E-state index is 0.0346. The Kier molecular flexibility index (Phi) is 4.98. The molecule has 5 rings (SSSR count). The Morgan fingerprint density at radius 2 is 2.00 bits per heavy atom. The molecular weight excluding hydrogens is 440 g/mol. The van der Waals surface area contributed by atoms with Gasteiger partial charge < -0.3 is 14.2 Å². The molecule has 0 spiro atoms. The zero-order chi connectivity index (χ0) is 23.3. The molecule has 0 radical (unpaired) electrons. The second-order valence-electron chi connectivity index (χ2n) is 7.69. The monoisotopic (exact) mass is 460 g/mol. The van der Waals surface area contributed by atoms with Crippen molar-refractivity contribution in [3.05, 3.63) is 82.3 Å². The van der Waals surface area contributed by atoms with Crippen molar-refractivity contribution in [2.45, 2.75) is 19.9 Å². The van der Waals surface area contributed by atoms with Crippen LogP contribution in [-0.2, 0) is 9.59 Å². The number of aliphatic hydroxyl groups excluding tert-OH is 1. The molecule has 1 aliphatic rings. The number of aryl methyl sites for hydroxylation is 2. The van der Waals surface area contributed by atoms with E-state index in [1.54, 1.807) is 43.0 Å². The van der Waals surface area contributed by atoms with Crippen LogP contribution in [0, 0.1) is 13.8 Å². The molecule has 4 aromatic rings. The van der Waals surface area contributed by atoms with Crippen LogP contribution in [-0.4, -0.2) is 38.3 Å². The van der Waals surface area contributed by atoms with E-state index < -0.39 is 17.7 Å². The Labute approximate surface area is 193 Å². The number of benzene rings is 1. The van der Waals surface area contributed by atoms with Crippen LogP contribution in [0.1, 0.15) is 28.6 Å². The molecule has 1 aromatic carbocycles. The van der Waals surface area contributed by atoms with Gasteiger partial charge in [0.15, 0.2) is 10.9 Å². The highest BCUT2D eigenvalue weighted by molar-refractivity contribution is 7.14. The molecule has 1 amide bonds. The number of rotatable bonds is 4. The number of imidazole rings is 1. The van der Waals surface area contributed by atoms with Gasteiger partial charge in [0.05, 0.1) is 24.4 Å². The van der Waals surface area contributed by atoms with E-state index in [2.05, 4.69) is 9.97 Å². The van der Waals surface area contributed by atoms with Crippen LogP contribution in [0.2, 0.25) is 0 Å². The Morgan fingerprint density at radius 1 is 1.18 bits per heavy atom. The van der Waals surface area contributed by atoms with Crippen molar-refractivity contribution in [1.29, 1.82) is 0 Å². The molecule has 1 fully saturated rings. The van der Waals surface area contributed by atoms with Gasteiger partial charge in [0.1, 0.15) is 17.1 Å². The van der Waals surface area contributed by atoms with Crippen molar-refractivity contribution in [2.75, 3.05) is 12.0 Å². The number of Topliss-reactive ketones (excluding diaryl/α,β-unsaturated/α-hetero) is 1. The molecule has 9 heteroatoms. The number of amides is 1. The molecule has 1 unspecified atom stereocenters. The number of hydrogen-bond acceptors (Lipinski definition) is 7. The van der Waals surface area contributed by atoms with Crippen LogP contribution >= 0.6 is 11.3 Å². The normalized spacial score (nSPS) is 17.8. The van der Waals surface area contributed by atoms with Crippen LogP contribution in [0.15, 0.2) is 59.7 Å². The SMILES string of the molecule is COc1cccc(C2/C(=C(\O)c3nc4c(C)cccn4c3C)C(=O)C(=O)N2c2nccs2)c1. The van der Waals surface area contributed by atoms with Crippen molar-refractivity contribution in [3.63, 3.8) is 0 Å². The number of ether oxygens (including phenoxy) is 1. The highest BCUT2D eigenvalue weighted by atomic mass is 32.1. The van der Waals surface area contributed by atoms with Crippen LogP contribution in [0.25, 0.3) is 11.4 Å². The second kappa shape index (κ2) is 7.86. The number of thiazole rings is 1. The van der Waals surface area contributed by atoms with Gasteiger partial charge in [-0.2, -0.15) is 0 Å². The van der Waals surface area contributed by atoms with Crippen LogP contribution in [0.5, 0.6) is 5.75 Å². The molecule has 1 N–H and O–H groups in total. The average molecular weight is 461 g/mol. The smallest absolute Gasteiger partial charge is 0.301 e. The molecule has 1 aliphatic heterocycles. The van der Waals surface area contributed by atoms with E-state index in [1.807, 2.05) is 36.6 Å². The number of nitrogens with zero attached hydrogens (tertiary/aromatic N) is 4. The summed E-state index contributed by atoms with van der Waals surface area (Å²) in [4.78, 5) is 36.6. The lowest BCUT2D eigenvalue weighted by Gasteiger charge is -2.23. The van der Waals surface area contributed by atoms with Crippen molar-refractivity contribution in [2.24, 2.45) is 0 Å². The van der Waals surface area contributed by atoms with Gasteiger partial charge in [0.25, 0.3) is 5.78 Å². The van der Waals surface area contributed by atoms with Crippen LogP contribution in [0.4, 0.5) is 5.13 Å². The molecular formula is C24H20N4O4S. The number of pyridine rings is 1. The first-order valence-electron chi connectivity index (χ1n) is 10.2. The van der Waals surface area contributed by atoms with Crippen LogP contribution in [0.3, 0.4) is 0 Å². The number of methoxy groups -OCH3 is 1. The fourth-order valence-electron chi connectivity index (χ4n) is 4.17. The summed E-state index contributed by atoms with van der Waals surface area (Å²) in [6.07, 6.45) is 3.41. The molecule has 3 aromatic heterocycles. The first kappa shape index (κ1) is 20.9. The molecule has 0 aliphatic carbocycles. The summed E-state index contributed by atoms with van der Waals surface area (Å²) in [6, 6.07) is 10.0. The summed E-state index contributed by atoms with van der Waals surface area (Å²) in [5.74, 6) is -1.29. The van der Waals surface area contributed by atoms with E-state index in [-0.39, 0.29) is 17.0 Å². The number of aromatic nitrogens is 3. The van der Waals surface area contributed by atoms with Gasteiger partial charge in [-0.3, -0.25) is 14.5 Å². The fourth-order valence-corrected chi connectivity index (χ4v) is 4.83. The maximum atomic E-state index is 13.3. The zero-order valence-electron chi connectivity index (χ0n) is 18.1. The lowest BCUT2D eigenvalue weighted by atomic mass is 9.96. The van der Waals surface area contributed by atoms with Gasteiger partial charge >= 0.3 is 5.91 Å². The predicted octanol–water partition coefficient (Wildman–Crippen LogP) is 4.04. The number of hydrogen-bond donors (Lipinski definition) is 1. The van der Waals surface area contributed by atoms with Gasteiger partial charge in [0, 0.05) is 17.8 Å². The van der Waals surface area contributed by atoms with Gasteiger partial charge in [-0.1, -0.05) is 18.2 Å². The lowest BCUT2D eigenvalue weighted by molar-refractivity contribution is -0.132. The predicted molar refractivity (Wildman–Crippen MR) is 125 cm³/mol. The molecule has 166 valence electrons. The van der Waals surface area contributed by atoms with Crippen molar-refractivity contribution < 1.29 is 19.4 Å². The maximum Gasteiger partial charge on any atom is 0.301 e. The highest BCUT2D eigenvalue weighted by Crippen LogP contribution is 2.43. The number of ketones is 1. The number of carbonyl (C=O) groups is 2. The quantitative estimate of drug-likeness (QED) is 0.280. The van der Waals surface area contributed by atoms with Gasteiger partial charge in [-0.05, 0) is 43.2 Å². The summed E-state index contributed by atoms with van der Waals surface area (Å²) >= 11 is 1.24. The van der Waals surface area contributed by atoms with Crippen molar-refractivity contribution >= 4 is 39.6 Å². The summed E-state index contributed by atoms with van der Waals surface area (Å²) in [6.45, 7) is 3.73. The minimum atomic E-state index is -0.878. The topological polar surface area (TPSA) is 97.0 Å². The van der Waals surface area contributed by atoms with Crippen molar-refractivity contribution in [3.8, 4) is 5.75 Å². The average Bonchev–Trinajstić information content (AvgIpc) is 3.52. The number of anilines is 1. The maximum absolute atomic E-state index is 13.3. The Morgan fingerprint density at radius 3 is 2.70 bits per heavy atom. The zero-order valence-corrected chi connectivity index (χ0v) is 19.0. The largest absolute Gasteiger partial charge is 0.505 e. The Bertz CT molecular complexity index is 1440. The van der Waals surface area contributed by atoms with E-state index in [0.29, 0.717) is 27.8 Å². The molecule has 1 saturated heterocycles. The molecule has 1 atom stereocenters. The summed E-state index contributed by atoms with van der Waals surface area (Å²) in [7, 11) is 1.54. The number of fused-ring (bicyclic) bond motifs is 1. The first-order valence-corrected chi connectivity index (χ1v) is 11.1. The van der Waals surface area contributed by atoms with E-state index in [1.165, 1.54) is 16.2 Å². The highest BCUT2D eigenvalue weighted by Gasteiger charge is 2.48. The minimum Gasteiger partial charge on any atom is -0.505 e. The van der Waals surface area contributed by atoms with E-state index in [4.69, 9.17) is 4.74 Å². The molecule has 0 saturated carbocycles. The Balaban J connectivity index is 1.77. The molecule has 8 nitrogen and oxygen atoms in total. The van der Waals surface area contributed by atoms with Crippen LogP contribution < -0.4 is 9.64 Å².